The lowest BCUT2D eigenvalue weighted by atomic mass is 10.2. The highest BCUT2D eigenvalue weighted by Crippen LogP contribution is 2.30. The maximum atomic E-state index is 12.7. The van der Waals surface area contributed by atoms with E-state index in [0.29, 0.717) is 17.8 Å². The Labute approximate surface area is 161 Å². The highest BCUT2D eigenvalue weighted by molar-refractivity contribution is 7.92. The van der Waals surface area contributed by atoms with E-state index in [1.807, 2.05) is 0 Å². The quantitative estimate of drug-likeness (QED) is 0.610. The molecule has 3 N–H and O–H groups in total. The monoisotopic (exact) mass is 415 g/mol. The van der Waals surface area contributed by atoms with Gasteiger partial charge in [-0.15, -0.1) is 0 Å². The Hall–Kier alpha value is -2.75. The van der Waals surface area contributed by atoms with E-state index in [-0.39, 0.29) is 18.0 Å². The Morgan fingerprint density at radius 1 is 1.00 bits per heavy atom. The summed E-state index contributed by atoms with van der Waals surface area (Å²) in [6, 6.07) is 10.6. The second-order valence-corrected chi connectivity index (χ2v) is 7.82. The molecule has 0 saturated carbocycles. The fraction of sp³-hybridized carbons (Fsp3) is 0.278. The number of carbonyl (C=O) groups excluding carboxylic acids is 1. The summed E-state index contributed by atoms with van der Waals surface area (Å²) in [5, 5.41) is 5.20. The number of benzene rings is 2. The van der Waals surface area contributed by atoms with Gasteiger partial charge in [-0.1, -0.05) is 13.0 Å². The van der Waals surface area contributed by atoms with Crippen LogP contribution in [0.3, 0.4) is 0 Å². The molecule has 0 aliphatic heterocycles. The van der Waals surface area contributed by atoms with Crippen LogP contribution in [-0.4, -0.2) is 26.6 Å². The normalized spacial score (nSPS) is 11.7. The molecular formula is C18H20F3N3O3S. The van der Waals surface area contributed by atoms with Gasteiger partial charge in [0.05, 0.1) is 17.9 Å². The number of hydrogen-bond acceptors (Lipinski definition) is 4. The molecule has 0 saturated heterocycles. The average molecular weight is 415 g/mol. The third-order valence-electron chi connectivity index (χ3n) is 3.56. The molecule has 10 heteroatoms. The van der Waals surface area contributed by atoms with Crippen LogP contribution in [0, 0.1) is 0 Å². The average Bonchev–Trinajstić information content (AvgIpc) is 2.61. The van der Waals surface area contributed by atoms with Gasteiger partial charge in [-0.2, -0.15) is 13.2 Å². The molecular weight excluding hydrogens is 395 g/mol. The van der Waals surface area contributed by atoms with Gasteiger partial charge in [-0.3, -0.25) is 9.52 Å². The number of anilines is 3. The molecule has 6 nitrogen and oxygen atoms in total. The van der Waals surface area contributed by atoms with Crippen molar-refractivity contribution in [2.75, 3.05) is 27.7 Å². The number of carbonyl (C=O) groups is 1. The van der Waals surface area contributed by atoms with Crippen LogP contribution in [-0.2, 0) is 21.0 Å². The summed E-state index contributed by atoms with van der Waals surface area (Å²) < 4.78 is 63.9. The first-order valence-corrected chi connectivity index (χ1v) is 10.1. The third kappa shape index (κ3) is 6.76. The first kappa shape index (κ1) is 21.5. The smallest absolute Gasteiger partial charge is 0.376 e. The molecule has 152 valence electrons. The summed E-state index contributed by atoms with van der Waals surface area (Å²) in [7, 11) is -3.40. The highest BCUT2D eigenvalue weighted by Gasteiger charge is 2.30. The molecule has 2 aromatic carbocycles. The second kappa shape index (κ2) is 8.96. The first-order valence-electron chi connectivity index (χ1n) is 8.40. The summed E-state index contributed by atoms with van der Waals surface area (Å²) in [6.45, 7) is 1.53. The van der Waals surface area contributed by atoms with Gasteiger partial charge in [0.25, 0.3) is 0 Å². The number of nitrogens with one attached hydrogen (secondary N) is 3. The van der Waals surface area contributed by atoms with E-state index >= 15 is 0 Å². The molecule has 0 heterocycles. The van der Waals surface area contributed by atoms with Crippen molar-refractivity contribution in [2.45, 2.75) is 19.5 Å². The maximum Gasteiger partial charge on any atom is 0.416 e. The van der Waals surface area contributed by atoms with Crippen LogP contribution in [0.1, 0.15) is 18.9 Å². The SMILES string of the molecule is CCCS(=O)(=O)Nc1ccc(NC(=O)CNc2cccc(C(F)(F)F)c2)cc1. The summed E-state index contributed by atoms with van der Waals surface area (Å²) >= 11 is 0. The predicted molar refractivity (Wildman–Crippen MR) is 103 cm³/mol. The maximum absolute atomic E-state index is 12.7. The molecule has 1 amide bonds. The largest absolute Gasteiger partial charge is 0.416 e. The fourth-order valence-electron chi connectivity index (χ4n) is 2.31. The van der Waals surface area contributed by atoms with Gasteiger partial charge in [0.2, 0.25) is 15.9 Å². The molecule has 0 aliphatic carbocycles. The molecule has 2 aromatic rings. The van der Waals surface area contributed by atoms with Crippen LogP contribution in [0.5, 0.6) is 0 Å². The zero-order chi connectivity index (χ0) is 20.8. The van der Waals surface area contributed by atoms with Crippen molar-refractivity contribution < 1.29 is 26.4 Å². The second-order valence-electron chi connectivity index (χ2n) is 5.98. The minimum atomic E-state index is -4.46. The van der Waals surface area contributed by atoms with Gasteiger partial charge in [0, 0.05) is 17.1 Å². The molecule has 0 atom stereocenters. The van der Waals surface area contributed by atoms with E-state index in [2.05, 4.69) is 15.4 Å². The van der Waals surface area contributed by atoms with Gasteiger partial charge in [0.15, 0.2) is 0 Å². The van der Waals surface area contributed by atoms with Crippen LogP contribution in [0.4, 0.5) is 30.2 Å². The Morgan fingerprint density at radius 2 is 1.64 bits per heavy atom. The van der Waals surface area contributed by atoms with Gasteiger partial charge < -0.3 is 10.6 Å². The molecule has 0 aromatic heterocycles. The van der Waals surface area contributed by atoms with Gasteiger partial charge in [-0.25, -0.2) is 8.42 Å². The number of amides is 1. The van der Waals surface area contributed by atoms with Crippen LogP contribution < -0.4 is 15.4 Å². The lowest BCUT2D eigenvalue weighted by Gasteiger charge is -2.11. The molecule has 0 radical (unpaired) electrons. The third-order valence-corrected chi connectivity index (χ3v) is 5.05. The highest BCUT2D eigenvalue weighted by atomic mass is 32.2. The van der Waals surface area contributed by atoms with Crippen molar-refractivity contribution >= 4 is 33.0 Å². The van der Waals surface area contributed by atoms with Crippen molar-refractivity contribution in [1.29, 1.82) is 0 Å². The standard InChI is InChI=1S/C18H20F3N3O3S/c1-2-10-28(26,27)24-15-8-6-14(7-9-15)23-17(25)12-22-16-5-3-4-13(11-16)18(19,20)21/h3-9,11,22,24H,2,10,12H2,1H3,(H,23,25). The van der Waals surface area contributed by atoms with Gasteiger partial charge in [-0.05, 0) is 48.9 Å². The number of alkyl halides is 3. The number of sulfonamides is 1. The molecule has 0 spiro atoms. The summed E-state index contributed by atoms with van der Waals surface area (Å²) in [4.78, 5) is 12.0. The van der Waals surface area contributed by atoms with E-state index in [1.165, 1.54) is 36.4 Å². The van der Waals surface area contributed by atoms with Gasteiger partial charge in [0.1, 0.15) is 0 Å². The zero-order valence-corrected chi connectivity index (χ0v) is 15.8. The van der Waals surface area contributed by atoms with Crippen molar-refractivity contribution in [3.63, 3.8) is 0 Å². The fourth-order valence-corrected chi connectivity index (χ4v) is 3.45. The Balaban J connectivity index is 1.90. The molecule has 0 fully saturated rings. The minimum Gasteiger partial charge on any atom is -0.376 e. The lowest BCUT2D eigenvalue weighted by Crippen LogP contribution is -2.22. The van der Waals surface area contributed by atoms with Crippen molar-refractivity contribution in [1.82, 2.24) is 0 Å². The van der Waals surface area contributed by atoms with Crippen molar-refractivity contribution in [3.8, 4) is 0 Å². The van der Waals surface area contributed by atoms with Crippen LogP contribution in [0.15, 0.2) is 48.5 Å². The summed E-state index contributed by atoms with van der Waals surface area (Å²) in [5.41, 5.74) is 0.160. The molecule has 0 aliphatic rings. The molecule has 0 bridgehead atoms. The summed E-state index contributed by atoms with van der Waals surface area (Å²) in [5.74, 6) is -0.455. The Kier molecular flexibility index (Phi) is 6.90. The topological polar surface area (TPSA) is 87.3 Å². The lowest BCUT2D eigenvalue weighted by molar-refractivity contribution is -0.137. The van der Waals surface area contributed by atoms with Crippen LogP contribution in [0.2, 0.25) is 0 Å². The van der Waals surface area contributed by atoms with Gasteiger partial charge >= 0.3 is 6.18 Å². The number of rotatable bonds is 8. The molecule has 0 unspecified atom stereocenters. The molecule has 2 rings (SSSR count). The Bertz CT molecular complexity index is 914. The zero-order valence-electron chi connectivity index (χ0n) is 15.0. The van der Waals surface area contributed by atoms with E-state index in [1.54, 1.807) is 6.92 Å². The van der Waals surface area contributed by atoms with E-state index < -0.39 is 27.7 Å². The summed E-state index contributed by atoms with van der Waals surface area (Å²) in [6.07, 6.45) is -3.97. The first-order chi connectivity index (χ1) is 13.1. The molecule has 28 heavy (non-hydrogen) atoms. The van der Waals surface area contributed by atoms with Crippen molar-refractivity contribution in [2.24, 2.45) is 0 Å². The van der Waals surface area contributed by atoms with E-state index in [9.17, 15) is 26.4 Å². The predicted octanol–water partition coefficient (Wildman–Crippen LogP) is 3.91. The minimum absolute atomic E-state index is 0.00664. The van der Waals surface area contributed by atoms with Crippen LogP contribution in [0.25, 0.3) is 0 Å². The number of hydrogen-bond donors (Lipinski definition) is 3. The number of halogens is 3. The van der Waals surface area contributed by atoms with Crippen LogP contribution >= 0.6 is 0 Å². The van der Waals surface area contributed by atoms with E-state index in [4.69, 9.17) is 0 Å². The Morgan fingerprint density at radius 3 is 2.25 bits per heavy atom. The van der Waals surface area contributed by atoms with Crippen molar-refractivity contribution in [3.05, 3.63) is 54.1 Å². The van der Waals surface area contributed by atoms with E-state index in [0.717, 1.165) is 12.1 Å².